The lowest BCUT2D eigenvalue weighted by Crippen LogP contribution is -2.35. The summed E-state index contributed by atoms with van der Waals surface area (Å²) in [6.45, 7) is 0. The largest absolute Gasteiger partial charge is 0.359 e. The summed E-state index contributed by atoms with van der Waals surface area (Å²) in [5.74, 6) is 0.651. The van der Waals surface area contributed by atoms with Crippen LogP contribution in [0.1, 0.15) is 38.5 Å². The summed E-state index contributed by atoms with van der Waals surface area (Å²) in [6, 6.07) is 0.287. The van der Waals surface area contributed by atoms with Gasteiger partial charge in [-0.15, -0.1) is 0 Å². The second-order valence-electron chi connectivity index (χ2n) is 4.65. The molecule has 17 heavy (non-hydrogen) atoms. The van der Waals surface area contributed by atoms with E-state index in [4.69, 9.17) is 0 Å². The molecule has 0 aromatic carbocycles. The minimum Gasteiger partial charge on any atom is -0.359 e. The first kappa shape index (κ1) is 14.5. The average Bonchev–Trinajstić information content (AvgIpc) is 2.54. The minimum absolute atomic E-state index is 0.0553. The van der Waals surface area contributed by atoms with Gasteiger partial charge >= 0.3 is 0 Å². The first-order valence-corrected chi connectivity index (χ1v) is 7.33. The van der Waals surface area contributed by atoms with Crippen LogP contribution in [0.25, 0.3) is 0 Å². The number of rotatable bonds is 4. The number of nitrogens with one attached hydrogen (secondary N) is 2. The molecule has 98 valence electrons. The predicted octanol–water partition coefficient (Wildman–Crippen LogP) is 1.58. The highest BCUT2D eigenvalue weighted by atomic mass is 79.9. The monoisotopic (exact) mass is 304 g/mol. The minimum atomic E-state index is 0.0553. The van der Waals surface area contributed by atoms with E-state index in [1.165, 1.54) is 0 Å². The lowest BCUT2D eigenvalue weighted by atomic mass is 9.96. The fourth-order valence-electron chi connectivity index (χ4n) is 2.36. The van der Waals surface area contributed by atoms with Crippen molar-refractivity contribution in [3.05, 3.63) is 0 Å². The molecule has 4 nitrogen and oxygen atoms in total. The smallest absolute Gasteiger partial charge is 0.230 e. The SMILES string of the molecule is CNC(=O)CC1CCCC(NC(=O)CBr)CC1. The van der Waals surface area contributed by atoms with Crippen molar-refractivity contribution in [2.24, 2.45) is 5.92 Å². The number of halogens is 1. The molecule has 5 heteroatoms. The van der Waals surface area contributed by atoms with Crippen molar-refractivity contribution in [2.75, 3.05) is 12.4 Å². The Balaban J connectivity index is 2.34. The lowest BCUT2D eigenvalue weighted by molar-refractivity contribution is -0.122. The molecule has 2 atom stereocenters. The fraction of sp³-hybridized carbons (Fsp3) is 0.833. The molecule has 0 aromatic heterocycles. The van der Waals surface area contributed by atoms with E-state index in [-0.39, 0.29) is 17.9 Å². The molecule has 1 aliphatic carbocycles. The molecule has 0 spiro atoms. The van der Waals surface area contributed by atoms with E-state index in [0.717, 1.165) is 32.1 Å². The number of alkyl halides is 1. The van der Waals surface area contributed by atoms with Gasteiger partial charge in [-0.1, -0.05) is 22.4 Å². The molecule has 1 rings (SSSR count). The van der Waals surface area contributed by atoms with Gasteiger partial charge < -0.3 is 10.6 Å². The first-order chi connectivity index (χ1) is 8.15. The third kappa shape index (κ3) is 5.52. The van der Waals surface area contributed by atoms with Gasteiger partial charge in [0.25, 0.3) is 0 Å². The summed E-state index contributed by atoms with van der Waals surface area (Å²) in [7, 11) is 1.68. The van der Waals surface area contributed by atoms with Gasteiger partial charge in [0.2, 0.25) is 11.8 Å². The molecular formula is C12H21BrN2O2. The van der Waals surface area contributed by atoms with Gasteiger partial charge in [-0.25, -0.2) is 0 Å². The second kappa shape index (κ2) is 7.69. The van der Waals surface area contributed by atoms with Crippen molar-refractivity contribution >= 4 is 27.7 Å². The molecule has 0 aromatic rings. The summed E-state index contributed by atoms with van der Waals surface area (Å²) in [5, 5.41) is 6.05. The van der Waals surface area contributed by atoms with Gasteiger partial charge in [-0.2, -0.15) is 0 Å². The number of carbonyl (C=O) groups excluding carboxylic acids is 2. The van der Waals surface area contributed by atoms with Crippen LogP contribution < -0.4 is 10.6 Å². The summed E-state index contributed by atoms with van der Waals surface area (Å²) in [4.78, 5) is 22.6. The third-order valence-electron chi connectivity index (χ3n) is 3.33. The Bertz CT molecular complexity index is 245. The van der Waals surface area contributed by atoms with Gasteiger partial charge in [0.15, 0.2) is 0 Å². The Morgan fingerprint density at radius 2 is 1.94 bits per heavy atom. The molecule has 2 amide bonds. The van der Waals surface area contributed by atoms with Crippen LogP contribution in [-0.2, 0) is 9.59 Å². The normalized spacial score (nSPS) is 24.8. The summed E-state index contributed by atoms with van der Waals surface area (Å²) in [5.41, 5.74) is 0. The van der Waals surface area contributed by atoms with Crippen molar-refractivity contribution in [3.63, 3.8) is 0 Å². The third-order valence-corrected chi connectivity index (χ3v) is 3.84. The zero-order valence-corrected chi connectivity index (χ0v) is 11.9. The van der Waals surface area contributed by atoms with Crippen molar-refractivity contribution < 1.29 is 9.59 Å². The Kier molecular flexibility index (Phi) is 6.55. The number of amides is 2. The Morgan fingerprint density at radius 1 is 1.18 bits per heavy atom. The van der Waals surface area contributed by atoms with Crippen LogP contribution in [0, 0.1) is 5.92 Å². The van der Waals surface area contributed by atoms with Crippen LogP contribution in [-0.4, -0.2) is 30.2 Å². The number of hydrogen-bond donors (Lipinski definition) is 2. The number of carbonyl (C=O) groups is 2. The van der Waals surface area contributed by atoms with E-state index in [2.05, 4.69) is 26.6 Å². The quantitative estimate of drug-likeness (QED) is 0.612. The zero-order chi connectivity index (χ0) is 12.7. The molecule has 0 bridgehead atoms. The highest BCUT2D eigenvalue weighted by Gasteiger charge is 2.21. The maximum Gasteiger partial charge on any atom is 0.230 e. The van der Waals surface area contributed by atoms with Gasteiger partial charge in [0.05, 0.1) is 5.33 Å². The van der Waals surface area contributed by atoms with Gasteiger partial charge in [-0.3, -0.25) is 9.59 Å². The highest BCUT2D eigenvalue weighted by molar-refractivity contribution is 9.09. The molecule has 0 radical (unpaired) electrons. The topological polar surface area (TPSA) is 58.2 Å². The van der Waals surface area contributed by atoms with E-state index >= 15 is 0 Å². The van der Waals surface area contributed by atoms with Crippen LogP contribution in [0.2, 0.25) is 0 Å². The Hall–Kier alpha value is -0.580. The van der Waals surface area contributed by atoms with E-state index < -0.39 is 0 Å². The highest BCUT2D eigenvalue weighted by Crippen LogP contribution is 2.25. The first-order valence-electron chi connectivity index (χ1n) is 6.21. The molecule has 1 aliphatic rings. The van der Waals surface area contributed by atoms with Crippen LogP contribution in [0.4, 0.5) is 0 Å². The van der Waals surface area contributed by atoms with Gasteiger partial charge in [0.1, 0.15) is 0 Å². The Labute approximate surface area is 111 Å². The van der Waals surface area contributed by atoms with E-state index in [9.17, 15) is 9.59 Å². The summed E-state index contributed by atoms with van der Waals surface area (Å²) in [6.07, 6.45) is 5.85. The molecule has 2 unspecified atom stereocenters. The second-order valence-corrected chi connectivity index (χ2v) is 5.21. The van der Waals surface area contributed by atoms with Gasteiger partial charge in [0, 0.05) is 19.5 Å². The molecular weight excluding hydrogens is 284 g/mol. The maximum atomic E-state index is 11.3. The number of hydrogen-bond acceptors (Lipinski definition) is 2. The Morgan fingerprint density at radius 3 is 2.59 bits per heavy atom. The fourth-order valence-corrected chi connectivity index (χ4v) is 2.52. The summed E-state index contributed by atoms with van der Waals surface area (Å²) < 4.78 is 0. The van der Waals surface area contributed by atoms with Crippen LogP contribution in [0.15, 0.2) is 0 Å². The molecule has 0 heterocycles. The maximum absolute atomic E-state index is 11.3. The molecule has 1 fully saturated rings. The van der Waals surface area contributed by atoms with Crippen LogP contribution >= 0.6 is 15.9 Å². The zero-order valence-electron chi connectivity index (χ0n) is 10.3. The van der Waals surface area contributed by atoms with Gasteiger partial charge in [-0.05, 0) is 31.6 Å². The average molecular weight is 305 g/mol. The molecule has 2 N–H and O–H groups in total. The van der Waals surface area contributed by atoms with Crippen molar-refractivity contribution in [1.82, 2.24) is 10.6 Å². The van der Waals surface area contributed by atoms with Crippen molar-refractivity contribution in [2.45, 2.75) is 44.6 Å². The van der Waals surface area contributed by atoms with Crippen LogP contribution in [0.5, 0.6) is 0 Å². The van der Waals surface area contributed by atoms with Crippen molar-refractivity contribution in [3.8, 4) is 0 Å². The van der Waals surface area contributed by atoms with E-state index in [1.54, 1.807) is 7.05 Å². The molecule has 1 saturated carbocycles. The lowest BCUT2D eigenvalue weighted by Gasteiger charge is -2.16. The van der Waals surface area contributed by atoms with Crippen LogP contribution in [0.3, 0.4) is 0 Å². The standard InChI is InChI=1S/C12H21BrN2O2/c1-14-11(16)7-9-3-2-4-10(6-5-9)15-12(17)8-13/h9-10H,2-8H2,1H3,(H,14,16)(H,15,17). The van der Waals surface area contributed by atoms with E-state index in [0.29, 0.717) is 17.7 Å². The predicted molar refractivity (Wildman–Crippen MR) is 71.0 cm³/mol. The van der Waals surface area contributed by atoms with E-state index in [1.807, 2.05) is 0 Å². The van der Waals surface area contributed by atoms with Crippen molar-refractivity contribution in [1.29, 1.82) is 0 Å². The summed E-state index contributed by atoms with van der Waals surface area (Å²) >= 11 is 3.15. The molecule has 0 saturated heterocycles. The molecule has 0 aliphatic heterocycles.